The van der Waals surface area contributed by atoms with Gasteiger partial charge in [-0.3, -0.25) is 4.79 Å². The number of piperidine rings is 1. The van der Waals surface area contributed by atoms with Crippen molar-refractivity contribution in [2.45, 2.75) is 45.2 Å². The number of hydrogen-bond acceptors (Lipinski definition) is 3. The minimum absolute atomic E-state index is 0.0779. The van der Waals surface area contributed by atoms with Crippen molar-refractivity contribution < 1.29 is 14.4 Å². The summed E-state index contributed by atoms with van der Waals surface area (Å²) >= 11 is 0. The summed E-state index contributed by atoms with van der Waals surface area (Å²) in [4.78, 5) is 14.1. The van der Waals surface area contributed by atoms with Crippen LogP contribution in [0.15, 0.2) is 29.4 Å². The third-order valence-corrected chi connectivity index (χ3v) is 3.48. The van der Waals surface area contributed by atoms with Gasteiger partial charge in [0.05, 0.1) is 18.2 Å². The molecule has 0 bridgehead atoms. The van der Waals surface area contributed by atoms with E-state index in [1.165, 1.54) is 12.1 Å². The van der Waals surface area contributed by atoms with Crippen LogP contribution in [-0.4, -0.2) is 27.3 Å². The molecule has 1 atom stereocenters. The highest BCUT2D eigenvalue weighted by molar-refractivity contribution is 6.03. The predicted octanol–water partition coefficient (Wildman–Crippen LogP) is 3.12. The SMILES string of the molecule is CC(C)(C)N1C(=O)C/C(=N\O)C[C@H]1c1ccc(F)cc1. The average molecular weight is 278 g/mol. The molecule has 4 nitrogen and oxygen atoms in total. The summed E-state index contributed by atoms with van der Waals surface area (Å²) in [6.45, 7) is 5.88. The molecule has 20 heavy (non-hydrogen) atoms. The largest absolute Gasteiger partial charge is 0.411 e. The predicted molar refractivity (Wildman–Crippen MR) is 74.2 cm³/mol. The van der Waals surface area contributed by atoms with E-state index < -0.39 is 0 Å². The summed E-state index contributed by atoms with van der Waals surface area (Å²) in [6.07, 6.45) is 0.594. The molecular weight excluding hydrogens is 259 g/mol. The lowest BCUT2D eigenvalue weighted by Gasteiger charge is -2.45. The molecule has 1 aliphatic rings. The molecule has 5 heteroatoms. The van der Waals surface area contributed by atoms with Crippen LogP contribution in [-0.2, 0) is 4.79 Å². The summed E-state index contributed by atoms with van der Waals surface area (Å²) < 4.78 is 13.1. The zero-order valence-electron chi connectivity index (χ0n) is 11.9. The zero-order valence-corrected chi connectivity index (χ0v) is 11.9. The van der Waals surface area contributed by atoms with Gasteiger partial charge in [-0.15, -0.1) is 0 Å². The molecule has 1 amide bonds. The molecule has 1 aromatic rings. The van der Waals surface area contributed by atoms with E-state index in [1.807, 2.05) is 20.8 Å². The molecule has 1 aromatic carbocycles. The van der Waals surface area contributed by atoms with Crippen molar-refractivity contribution in [2.75, 3.05) is 0 Å². The molecule has 1 heterocycles. The van der Waals surface area contributed by atoms with Crippen LogP contribution in [0.5, 0.6) is 0 Å². The number of carbonyl (C=O) groups is 1. The van der Waals surface area contributed by atoms with E-state index in [9.17, 15) is 9.18 Å². The fourth-order valence-corrected chi connectivity index (χ4v) is 2.69. The van der Waals surface area contributed by atoms with Gasteiger partial charge in [0.15, 0.2) is 0 Å². The lowest BCUT2D eigenvalue weighted by atomic mass is 9.89. The summed E-state index contributed by atoms with van der Waals surface area (Å²) in [6, 6.07) is 5.87. The van der Waals surface area contributed by atoms with Gasteiger partial charge in [-0.25, -0.2) is 4.39 Å². The van der Waals surface area contributed by atoms with Gasteiger partial charge < -0.3 is 10.1 Å². The van der Waals surface area contributed by atoms with E-state index in [-0.39, 0.29) is 29.7 Å². The highest BCUT2D eigenvalue weighted by atomic mass is 19.1. The van der Waals surface area contributed by atoms with Crippen LogP contribution in [0.4, 0.5) is 4.39 Å². The molecule has 0 saturated carbocycles. The molecule has 0 aromatic heterocycles. The maximum absolute atomic E-state index is 13.1. The molecule has 0 spiro atoms. The molecular formula is C15H19FN2O2. The molecule has 0 unspecified atom stereocenters. The fourth-order valence-electron chi connectivity index (χ4n) is 2.69. The van der Waals surface area contributed by atoms with Crippen molar-refractivity contribution in [1.82, 2.24) is 4.90 Å². The Morgan fingerprint density at radius 1 is 1.30 bits per heavy atom. The van der Waals surface area contributed by atoms with E-state index in [0.29, 0.717) is 12.1 Å². The van der Waals surface area contributed by atoms with Crippen LogP contribution >= 0.6 is 0 Å². The normalized spacial score (nSPS) is 22.4. The van der Waals surface area contributed by atoms with E-state index in [0.717, 1.165) is 5.56 Å². The molecule has 0 aliphatic carbocycles. The average Bonchev–Trinajstić information content (AvgIpc) is 2.37. The van der Waals surface area contributed by atoms with Crippen LogP contribution in [0.2, 0.25) is 0 Å². The highest BCUT2D eigenvalue weighted by Gasteiger charge is 2.39. The number of amides is 1. The standard InChI is InChI=1S/C15H19FN2O2/c1-15(2,3)18-13(8-12(17-20)9-14(18)19)10-4-6-11(16)7-5-10/h4-7,13,20H,8-9H2,1-3H3/b17-12-/t13-/m0/s1. The lowest BCUT2D eigenvalue weighted by Crippen LogP contribution is -2.51. The Balaban J connectivity index is 2.43. The smallest absolute Gasteiger partial charge is 0.229 e. The minimum Gasteiger partial charge on any atom is -0.411 e. The van der Waals surface area contributed by atoms with Crippen molar-refractivity contribution in [3.63, 3.8) is 0 Å². The molecule has 1 N–H and O–H groups in total. The Bertz CT molecular complexity index is 532. The Kier molecular flexibility index (Phi) is 3.79. The van der Waals surface area contributed by atoms with Crippen LogP contribution in [0.25, 0.3) is 0 Å². The van der Waals surface area contributed by atoms with Gasteiger partial charge in [0.25, 0.3) is 0 Å². The third-order valence-electron chi connectivity index (χ3n) is 3.48. The highest BCUT2D eigenvalue weighted by Crippen LogP contribution is 2.35. The second-order valence-electron chi connectivity index (χ2n) is 6.05. The van der Waals surface area contributed by atoms with Gasteiger partial charge >= 0.3 is 0 Å². The van der Waals surface area contributed by atoms with E-state index in [1.54, 1.807) is 17.0 Å². The number of carbonyl (C=O) groups excluding carboxylic acids is 1. The Morgan fingerprint density at radius 2 is 1.90 bits per heavy atom. The second-order valence-corrected chi connectivity index (χ2v) is 6.05. The summed E-state index contributed by atoms with van der Waals surface area (Å²) in [5.74, 6) is -0.389. The molecule has 1 fully saturated rings. The van der Waals surface area contributed by atoms with Crippen molar-refractivity contribution in [2.24, 2.45) is 5.16 Å². The Hall–Kier alpha value is -1.91. The van der Waals surface area contributed by atoms with Gasteiger partial charge in [0.1, 0.15) is 5.82 Å². The molecule has 1 saturated heterocycles. The maximum Gasteiger partial charge on any atom is 0.229 e. The first-order valence-corrected chi connectivity index (χ1v) is 6.60. The Morgan fingerprint density at radius 3 is 2.40 bits per heavy atom. The first kappa shape index (κ1) is 14.5. The topological polar surface area (TPSA) is 52.9 Å². The monoisotopic (exact) mass is 278 g/mol. The van der Waals surface area contributed by atoms with Gasteiger partial charge in [0, 0.05) is 12.0 Å². The molecule has 2 rings (SSSR count). The Labute approximate surface area is 117 Å². The van der Waals surface area contributed by atoms with E-state index in [4.69, 9.17) is 5.21 Å². The minimum atomic E-state index is -0.350. The first-order chi connectivity index (χ1) is 9.32. The summed E-state index contributed by atoms with van der Waals surface area (Å²) in [7, 11) is 0. The number of halogens is 1. The van der Waals surface area contributed by atoms with Gasteiger partial charge in [-0.2, -0.15) is 0 Å². The number of hydrogen-bond donors (Lipinski definition) is 1. The van der Waals surface area contributed by atoms with Crippen LogP contribution in [0, 0.1) is 5.82 Å². The summed E-state index contributed by atoms with van der Waals surface area (Å²) in [5.41, 5.74) is 0.956. The number of oxime groups is 1. The summed E-state index contributed by atoms with van der Waals surface area (Å²) in [5, 5.41) is 12.2. The van der Waals surface area contributed by atoms with Crippen LogP contribution in [0.1, 0.15) is 45.2 Å². The van der Waals surface area contributed by atoms with Crippen LogP contribution < -0.4 is 0 Å². The van der Waals surface area contributed by atoms with E-state index >= 15 is 0 Å². The van der Waals surface area contributed by atoms with Crippen molar-refractivity contribution >= 4 is 11.6 Å². The molecule has 1 aliphatic heterocycles. The fraction of sp³-hybridized carbons (Fsp3) is 0.467. The van der Waals surface area contributed by atoms with Gasteiger partial charge in [0.2, 0.25) is 5.91 Å². The first-order valence-electron chi connectivity index (χ1n) is 6.60. The second kappa shape index (κ2) is 5.23. The zero-order chi connectivity index (χ0) is 14.9. The van der Waals surface area contributed by atoms with Gasteiger partial charge in [-0.05, 0) is 38.5 Å². The molecule has 108 valence electrons. The quantitative estimate of drug-likeness (QED) is 0.634. The lowest BCUT2D eigenvalue weighted by molar-refractivity contribution is -0.139. The number of likely N-dealkylation sites (tertiary alicyclic amines) is 1. The third kappa shape index (κ3) is 2.81. The molecule has 0 radical (unpaired) electrons. The van der Waals surface area contributed by atoms with Gasteiger partial charge in [-0.1, -0.05) is 17.3 Å². The van der Waals surface area contributed by atoms with Crippen LogP contribution in [0.3, 0.4) is 0 Å². The maximum atomic E-state index is 13.1. The van der Waals surface area contributed by atoms with E-state index in [2.05, 4.69) is 5.16 Å². The number of benzene rings is 1. The number of nitrogens with zero attached hydrogens (tertiary/aromatic N) is 2. The van der Waals surface area contributed by atoms with Crippen molar-refractivity contribution in [1.29, 1.82) is 0 Å². The number of rotatable bonds is 1. The van der Waals surface area contributed by atoms with Crippen molar-refractivity contribution in [3.8, 4) is 0 Å². The van der Waals surface area contributed by atoms with Crippen molar-refractivity contribution in [3.05, 3.63) is 35.6 Å².